The number of likely N-dealkylation sites (tertiary alicyclic amines) is 1. The smallest absolute Gasteiger partial charge is 0.263 e. The number of carbonyl (C=O) groups is 1. The first-order chi connectivity index (χ1) is 12.9. The van der Waals surface area contributed by atoms with Gasteiger partial charge in [-0.2, -0.15) is 0 Å². The van der Waals surface area contributed by atoms with Crippen molar-refractivity contribution in [2.45, 2.75) is 17.7 Å². The van der Waals surface area contributed by atoms with Crippen LogP contribution in [0.25, 0.3) is 0 Å². The SMILES string of the molecule is Cn1cccc(C(=O)N2CCC(CNS(=O)(=O)c3cccnc3)CC2)c1=O. The van der Waals surface area contributed by atoms with Gasteiger partial charge in [-0.3, -0.25) is 14.6 Å². The number of aryl methyl sites for hydroxylation is 1. The number of carbonyl (C=O) groups excluding carboxylic acids is 1. The molecule has 0 aliphatic carbocycles. The van der Waals surface area contributed by atoms with Crippen LogP contribution in [0.3, 0.4) is 0 Å². The normalized spacial score (nSPS) is 15.7. The minimum Gasteiger partial charge on any atom is -0.338 e. The molecule has 27 heavy (non-hydrogen) atoms. The van der Waals surface area contributed by atoms with Crippen LogP contribution in [0.4, 0.5) is 0 Å². The average Bonchev–Trinajstić information content (AvgIpc) is 2.69. The summed E-state index contributed by atoms with van der Waals surface area (Å²) in [6, 6.07) is 6.29. The van der Waals surface area contributed by atoms with Gasteiger partial charge in [-0.15, -0.1) is 0 Å². The van der Waals surface area contributed by atoms with Crippen molar-refractivity contribution in [3.63, 3.8) is 0 Å². The van der Waals surface area contributed by atoms with E-state index in [9.17, 15) is 18.0 Å². The fourth-order valence-electron chi connectivity index (χ4n) is 3.09. The van der Waals surface area contributed by atoms with E-state index in [1.165, 1.54) is 23.0 Å². The van der Waals surface area contributed by atoms with Crippen molar-refractivity contribution in [2.24, 2.45) is 13.0 Å². The van der Waals surface area contributed by atoms with Gasteiger partial charge >= 0.3 is 0 Å². The van der Waals surface area contributed by atoms with Gasteiger partial charge in [0.1, 0.15) is 10.5 Å². The largest absolute Gasteiger partial charge is 0.338 e. The Morgan fingerprint density at radius 3 is 2.67 bits per heavy atom. The van der Waals surface area contributed by atoms with Gasteiger partial charge in [-0.05, 0) is 43.0 Å². The highest BCUT2D eigenvalue weighted by atomic mass is 32.2. The zero-order valence-electron chi connectivity index (χ0n) is 15.0. The van der Waals surface area contributed by atoms with Crippen molar-refractivity contribution in [3.05, 3.63) is 58.8 Å². The molecule has 0 saturated carbocycles. The van der Waals surface area contributed by atoms with E-state index in [2.05, 4.69) is 9.71 Å². The molecule has 3 heterocycles. The molecule has 1 fully saturated rings. The zero-order valence-corrected chi connectivity index (χ0v) is 15.9. The van der Waals surface area contributed by atoms with Crippen molar-refractivity contribution < 1.29 is 13.2 Å². The number of piperidine rings is 1. The number of hydrogen-bond donors (Lipinski definition) is 1. The van der Waals surface area contributed by atoms with Gasteiger partial charge in [-0.25, -0.2) is 13.1 Å². The van der Waals surface area contributed by atoms with E-state index >= 15 is 0 Å². The molecule has 9 heteroatoms. The zero-order chi connectivity index (χ0) is 19.4. The summed E-state index contributed by atoms with van der Waals surface area (Å²) in [6.07, 6.45) is 5.79. The second-order valence-electron chi connectivity index (χ2n) is 6.61. The van der Waals surface area contributed by atoms with Crippen LogP contribution in [0, 0.1) is 5.92 Å². The minimum atomic E-state index is -3.58. The van der Waals surface area contributed by atoms with Gasteiger partial charge in [0.15, 0.2) is 0 Å². The van der Waals surface area contributed by atoms with Crippen LogP contribution in [0.1, 0.15) is 23.2 Å². The van der Waals surface area contributed by atoms with Crippen molar-refractivity contribution in [3.8, 4) is 0 Å². The van der Waals surface area contributed by atoms with Crippen LogP contribution in [0.5, 0.6) is 0 Å². The first kappa shape index (κ1) is 19.2. The highest BCUT2D eigenvalue weighted by Crippen LogP contribution is 2.18. The lowest BCUT2D eigenvalue weighted by molar-refractivity contribution is 0.0689. The molecular formula is C18H22N4O4S. The van der Waals surface area contributed by atoms with Crippen molar-refractivity contribution in [1.82, 2.24) is 19.2 Å². The third kappa shape index (κ3) is 4.42. The third-order valence-electron chi connectivity index (χ3n) is 4.76. The van der Waals surface area contributed by atoms with Gasteiger partial charge < -0.3 is 9.47 Å². The van der Waals surface area contributed by atoms with E-state index in [0.717, 1.165) is 0 Å². The lowest BCUT2D eigenvalue weighted by Gasteiger charge is -2.32. The van der Waals surface area contributed by atoms with Crippen molar-refractivity contribution in [1.29, 1.82) is 0 Å². The van der Waals surface area contributed by atoms with Gasteiger partial charge in [0.2, 0.25) is 10.0 Å². The standard InChI is InChI=1S/C18H22N4O4S/c1-21-9-3-5-16(17(21)23)18(24)22-10-6-14(7-11-22)12-20-27(25,26)15-4-2-8-19-13-15/h2-5,8-9,13-14,20H,6-7,10-12H2,1H3. The number of rotatable bonds is 5. The van der Waals surface area contributed by atoms with Crippen LogP contribution in [0.15, 0.2) is 52.5 Å². The summed E-state index contributed by atoms with van der Waals surface area (Å²) in [5, 5.41) is 0. The lowest BCUT2D eigenvalue weighted by atomic mass is 9.97. The molecule has 0 spiro atoms. The summed E-state index contributed by atoms with van der Waals surface area (Å²) in [7, 11) is -1.97. The number of pyridine rings is 2. The van der Waals surface area contributed by atoms with E-state index in [0.29, 0.717) is 32.5 Å². The Hall–Kier alpha value is -2.52. The quantitative estimate of drug-likeness (QED) is 0.806. The van der Waals surface area contributed by atoms with E-state index in [1.54, 1.807) is 36.3 Å². The molecule has 8 nitrogen and oxygen atoms in total. The summed E-state index contributed by atoms with van der Waals surface area (Å²) in [5.74, 6) is -0.135. The number of aromatic nitrogens is 2. The van der Waals surface area contributed by atoms with Crippen LogP contribution >= 0.6 is 0 Å². The Bertz CT molecular complexity index is 964. The molecule has 0 unspecified atom stereocenters. The Balaban J connectivity index is 1.55. The van der Waals surface area contributed by atoms with Gasteiger partial charge in [0, 0.05) is 45.3 Å². The molecule has 2 aromatic heterocycles. The molecule has 1 aliphatic heterocycles. The predicted molar refractivity (Wildman–Crippen MR) is 99.7 cm³/mol. The summed E-state index contributed by atoms with van der Waals surface area (Å²) >= 11 is 0. The second-order valence-corrected chi connectivity index (χ2v) is 8.38. The molecule has 2 aromatic rings. The number of amides is 1. The number of hydrogen-bond acceptors (Lipinski definition) is 5. The molecule has 0 bridgehead atoms. The fraction of sp³-hybridized carbons (Fsp3) is 0.389. The highest BCUT2D eigenvalue weighted by molar-refractivity contribution is 7.89. The Labute approximate surface area is 157 Å². The van der Waals surface area contributed by atoms with Crippen molar-refractivity contribution >= 4 is 15.9 Å². The Morgan fingerprint density at radius 1 is 1.26 bits per heavy atom. The van der Waals surface area contributed by atoms with Gasteiger partial charge in [0.25, 0.3) is 11.5 Å². The first-order valence-corrected chi connectivity index (χ1v) is 10.2. The summed E-state index contributed by atoms with van der Waals surface area (Å²) < 4.78 is 28.5. The fourth-order valence-corrected chi connectivity index (χ4v) is 4.17. The summed E-state index contributed by atoms with van der Waals surface area (Å²) in [5.41, 5.74) is -0.149. The van der Waals surface area contributed by atoms with E-state index in [4.69, 9.17) is 0 Å². The average molecular weight is 390 g/mol. The Morgan fingerprint density at radius 2 is 2.00 bits per heavy atom. The summed E-state index contributed by atoms with van der Waals surface area (Å²) in [4.78, 5) is 30.3. The van der Waals surface area contributed by atoms with Crippen LogP contribution < -0.4 is 10.3 Å². The number of nitrogens with one attached hydrogen (secondary N) is 1. The summed E-state index contributed by atoms with van der Waals surface area (Å²) in [6.45, 7) is 1.30. The molecule has 1 amide bonds. The van der Waals surface area contributed by atoms with Crippen LogP contribution in [0.2, 0.25) is 0 Å². The molecule has 0 aromatic carbocycles. The third-order valence-corrected chi connectivity index (χ3v) is 6.17. The molecule has 0 radical (unpaired) electrons. The molecule has 1 aliphatic rings. The van der Waals surface area contributed by atoms with E-state index in [1.807, 2.05) is 0 Å². The molecule has 144 valence electrons. The maximum absolute atomic E-state index is 12.6. The maximum atomic E-state index is 12.6. The molecule has 1 N–H and O–H groups in total. The second kappa shape index (κ2) is 8.01. The van der Waals surface area contributed by atoms with Crippen molar-refractivity contribution in [2.75, 3.05) is 19.6 Å². The molecular weight excluding hydrogens is 368 g/mol. The Kier molecular flexibility index (Phi) is 5.71. The van der Waals surface area contributed by atoms with Crippen LogP contribution in [-0.4, -0.2) is 48.4 Å². The van der Waals surface area contributed by atoms with Gasteiger partial charge in [0.05, 0.1) is 0 Å². The molecule has 1 saturated heterocycles. The molecule has 3 rings (SSSR count). The van der Waals surface area contributed by atoms with Gasteiger partial charge in [-0.1, -0.05) is 0 Å². The van der Waals surface area contributed by atoms with E-state index in [-0.39, 0.29) is 27.8 Å². The van der Waals surface area contributed by atoms with Crippen LogP contribution in [-0.2, 0) is 17.1 Å². The minimum absolute atomic E-state index is 0.137. The maximum Gasteiger partial charge on any atom is 0.263 e. The number of nitrogens with zero attached hydrogens (tertiary/aromatic N) is 3. The monoisotopic (exact) mass is 390 g/mol. The lowest BCUT2D eigenvalue weighted by Crippen LogP contribution is -2.43. The first-order valence-electron chi connectivity index (χ1n) is 8.73. The number of sulfonamides is 1. The predicted octanol–water partition coefficient (Wildman–Crippen LogP) is 0.611. The molecule has 0 atom stereocenters. The highest BCUT2D eigenvalue weighted by Gasteiger charge is 2.26. The van der Waals surface area contributed by atoms with E-state index < -0.39 is 10.0 Å². The topological polar surface area (TPSA) is 101 Å².